The van der Waals surface area contributed by atoms with Crippen LogP contribution in [0.1, 0.15) is 59.7 Å². The third-order valence-electron chi connectivity index (χ3n) is 5.62. The van der Waals surface area contributed by atoms with Gasteiger partial charge < -0.3 is 9.14 Å². The molecule has 0 aliphatic rings. The Bertz CT molecular complexity index is 1280. The van der Waals surface area contributed by atoms with Crippen LogP contribution >= 0.6 is 0 Å². The van der Waals surface area contributed by atoms with E-state index in [0.717, 1.165) is 16.7 Å². The Balaban J connectivity index is 1.78. The first-order valence-corrected chi connectivity index (χ1v) is 10.8. The zero-order chi connectivity index (χ0) is 22.9. The Kier molecular flexibility index (Phi) is 5.70. The van der Waals surface area contributed by atoms with E-state index in [2.05, 4.69) is 20.8 Å². The van der Waals surface area contributed by atoms with Gasteiger partial charge in [-0.15, -0.1) is 0 Å². The molecule has 0 aliphatic heterocycles. The highest BCUT2D eigenvalue weighted by Crippen LogP contribution is 2.28. The number of fused-ring (bicyclic) bond motifs is 1. The Morgan fingerprint density at radius 1 is 0.875 bits per heavy atom. The van der Waals surface area contributed by atoms with Gasteiger partial charge in [-0.25, -0.2) is 4.79 Å². The molecule has 0 amide bonds. The monoisotopic (exact) mass is 425 g/mol. The first kappa shape index (κ1) is 21.6. The Labute approximate surface area is 188 Å². The van der Waals surface area contributed by atoms with Gasteiger partial charge in [0.1, 0.15) is 0 Å². The molecule has 0 N–H and O–H groups in total. The van der Waals surface area contributed by atoms with Gasteiger partial charge in [-0.05, 0) is 47.2 Å². The summed E-state index contributed by atoms with van der Waals surface area (Å²) in [6.45, 7) is 8.40. The second-order valence-corrected chi connectivity index (χ2v) is 8.86. The predicted molar refractivity (Wildman–Crippen MR) is 127 cm³/mol. The maximum absolute atomic E-state index is 13.4. The molecule has 0 aliphatic carbocycles. The van der Waals surface area contributed by atoms with Crippen molar-refractivity contribution in [3.05, 3.63) is 101 Å². The molecule has 32 heavy (non-hydrogen) atoms. The van der Waals surface area contributed by atoms with Crippen LogP contribution in [0, 0.1) is 0 Å². The van der Waals surface area contributed by atoms with E-state index >= 15 is 0 Å². The minimum Gasteiger partial charge on any atom is -0.462 e. The van der Waals surface area contributed by atoms with Crippen LogP contribution in [-0.2, 0) is 10.2 Å². The summed E-state index contributed by atoms with van der Waals surface area (Å²) in [4.78, 5) is 26.1. The number of pyridine rings is 1. The number of nitrogens with zero attached hydrogens (tertiary/aromatic N) is 1. The molecule has 4 nitrogen and oxygen atoms in total. The van der Waals surface area contributed by atoms with Crippen molar-refractivity contribution in [2.24, 2.45) is 0 Å². The molecule has 4 heteroatoms. The molecule has 0 unspecified atom stereocenters. The van der Waals surface area contributed by atoms with Crippen molar-refractivity contribution in [2.45, 2.75) is 33.1 Å². The minimum atomic E-state index is -0.422. The van der Waals surface area contributed by atoms with E-state index in [4.69, 9.17) is 4.74 Å². The van der Waals surface area contributed by atoms with Crippen LogP contribution in [0.25, 0.3) is 16.6 Å². The average Bonchev–Trinajstić information content (AvgIpc) is 3.18. The lowest BCUT2D eigenvalue weighted by Crippen LogP contribution is -2.12. The number of ketones is 1. The third kappa shape index (κ3) is 4.09. The van der Waals surface area contributed by atoms with Crippen LogP contribution in [0.3, 0.4) is 0 Å². The number of aromatic nitrogens is 1. The van der Waals surface area contributed by atoms with Gasteiger partial charge in [-0.1, -0.05) is 75.4 Å². The molecule has 2 heterocycles. The fourth-order valence-electron chi connectivity index (χ4n) is 3.80. The van der Waals surface area contributed by atoms with E-state index in [1.165, 1.54) is 0 Å². The molecule has 0 spiro atoms. The number of esters is 1. The Morgan fingerprint density at radius 2 is 1.53 bits per heavy atom. The molecule has 2 aromatic carbocycles. The number of hydrogen-bond acceptors (Lipinski definition) is 3. The highest BCUT2D eigenvalue weighted by molar-refractivity contribution is 6.11. The van der Waals surface area contributed by atoms with Crippen molar-refractivity contribution in [3.63, 3.8) is 0 Å². The largest absolute Gasteiger partial charge is 0.462 e. The molecular weight excluding hydrogens is 398 g/mol. The quantitative estimate of drug-likeness (QED) is 0.278. The SMILES string of the molecule is CCOC(=O)c1cc(C(=O)c2ccc(-c3ccccc3)cc2)n2ccc(C(C)(C)C)cc12. The lowest BCUT2D eigenvalue weighted by atomic mass is 9.87. The van der Waals surface area contributed by atoms with Gasteiger partial charge in [0.15, 0.2) is 0 Å². The fourth-order valence-corrected chi connectivity index (χ4v) is 3.80. The van der Waals surface area contributed by atoms with E-state index in [-0.39, 0.29) is 17.8 Å². The first-order chi connectivity index (χ1) is 15.3. The van der Waals surface area contributed by atoms with Gasteiger partial charge in [0.2, 0.25) is 5.78 Å². The van der Waals surface area contributed by atoms with Crippen molar-refractivity contribution in [3.8, 4) is 11.1 Å². The maximum atomic E-state index is 13.4. The number of rotatable bonds is 5. The molecule has 2 aromatic heterocycles. The summed E-state index contributed by atoms with van der Waals surface area (Å²) in [5.41, 5.74) is 5.23. The standard InChI is InChI=1S/C28H27NO3/c1-5-32-27(31)23-18-25(29-16-15-22(17-24(23)29)28(2,3)4)26(30)21-13-11-20(12-14-21)19-9-7-6-8-10-19/h6-18H,5H2,1-4H3. The lowest BCUT2D eigenvalue weighted by molar-refractivity contribution is 0.0528. The minimum absolute atomic E-state index is 0.0879. The van der Waals surface area contributed by atoms with Gasteiger partial charge in [-0.3, -0.25) is 4.79 Å². The lowest BCUT2D eigenvalue weighted by Gasteiger charge is -2.19. The summed E-state index contributed by atoms with van der Waals surface area (Å²) in [5, 5.41) is 0. The molecule has 0 radical (unpaired) electrons. The molecule has 162 valence electrons. The second-order valence-electron chi connectivity index (χ2n) is 8.86. The summed E-state index contributed by atoms with van der Waals surface area (Å²) < 4.78 is 7.05. The molecular formula is C28H27NO3. The zero-order valence-electron chi connectivity index (χ0n) is 18.9. The molecule has 4 rings (SSSR count). The zero-order valence-corrected chi connectivity index (χ0v) is 18.9. The number of carbonyl (C=O) groups is 2. The maximum Gasteiger partial charge on any atom is 0.340 e. The number of benzene rings is 2. The van der Waals surface area contributed by atoms with Crippen LogP contribution in [0.5, 0.6) is 0 Å². The van der Waals surface area contributed by atoms with Crippen LogP contribution < -0.4 is 0 Å². The van der Waals surface area contributed by atoms with E-state index in [1.54, 1.807) is 17.4 Å². The van der Waals surface area contributed by atoms with Crippen LogP contribution in [0.2, 0.25) is 0 Å². The first-order valence-electron chi connectivity index (χ1n) is 10.8. The topological polar surface area (TPSA) is 47.8 Å². The third-order valence-corrected chi connectivity index (χ3v) is 5.62. The molecule has 4 aromatic rings. The number of hydrogen-bond donors (Lipinski definition) is 0. The van der Waals surface area contributed by atoms with E-state index in [0.29, 0.717) is 22.3 Å². The van der Waals surface area contributed by atoms with Crippen LogP contribution in [-0.4, -0.2) is 22.8 Å². The average molecular weight is 426 g/mol. The number of carbonyl (C=O) groups excluding carboxylic acids is 2. The van der Waals surface area contributed by atoms with Gasteiger partial charge >= 0.3 is 5.97 Å². The Hall–Kier alpha value is -3.66. The summed E-state index contributed by atoms with van der Waals surface area (Å²) in [5.74, 6) is -0.562. The van der Waals surface area contributed by atoms with Crippen molar-refractivity contribution in [2.75, 3.05) is 6.61 Å². The normalized spacial score (nSPS) is 11.5. The van der Waals surface area contributed by atoms with Crippen molar-refractivity contribution < 1.29 is 14.3 Å². The predicted octanol–water partition coefficient (Wildman–Crippen LogP) is 6.31. The molecule has 0 saturated heterocycles. The highest BCUT2D eigenvalue weighted by atomic mass is 16.5. The summed E-state index contributed by atoms with van der Waals surface area (Å²) in [7, 11) is 0. The van der Waals surface area contributed by atoms with Gasteiger partial charge in [0.05, 0.1) is 23.4 Å². The molecule has 0 bridgehead atoms. The van der Waals surface area contributed by atoms with Crippen LogP contribution in [0.4, 0.5) is 0 Å². The van der Waals surface area contributed by atoms with Crippen molar-refractivity contribution in [1.82, 2.24) is 4.40 Å². The molecule has 0 atom stereocenters. The molecule has 0 saturated carbocycles. The highest BCUT2D eigenvalue weighted by Gasteiger charge is 2.23. The van der Waals surface area contributed by atoms with Crippen molar-refractivity contribution in [1.29, 1.82) is 0 Å². The fraction of sp³-hybridized carbons (Fsp3) is 0.214. The van der Waals surface area contributed by atoms with Gasteiger partial charge in [-0.2, -0.15) is 0 Å². The van der Waals surface area contributed by atoms with E-state index < -0.39 is 5.97 Å². The summed E-state index contributed by atoms with van der Waals surface area (Å²) in [6, 6.07) is 23.2. The van der Waals surface area contributed by atoms with E-state index in [9.17, 15) is 9.59 Å². The van der Waals surface area contributed by atoms with E-state index in [1.807, 2.05) is 72.9 Å². The van der Waals surface area contributed by atoms with Crippen LogP contribution in [0.15, 0.2) is 79.0 Å². The smallest absolute Gasteiger partial charge is 0.340 e. The Morgan fingerprint density at radius 3 is 2.16 bits per heavy atom. The van der Waals surface area contributed by atoms with Gasteiger partial charge in [0.25, 0.3) is 0 Å². The summed E-state index contributed by atoms with van der Waals surface area (Å²) in [6.07, 6.45) is 1.87. The number of ether oxygens (including phenoxy) is 1. The van der Waals surface area contributed by atoms with Gasteiger partial charge in [0, 0.05) is 11.8 Å². The van der Waals surface area contributed by atoms with Crippen molar-refractivity contribution >= 4 is 17.3 Å². The second kappa shape index (κ2) is 8.46. The molecule has 0 fully saturated rings. The summed E-state index contributed by atoms with van der Waals surface area (Å²) >= 11 is 0.